The van der Waals surface area contributed by atoms with E-state index in [0.717, 1.165) is 72.8 Å². The lowest BCUT2D eigenvalue weighted by Gasteiger charge is -2.36. The molecule has 0 saturated carbocycles. The summed E-state index contributed by atoms with van der Waals surface area (Å²) in [4.78, 5) is 18.8. The Morgan fingerprint density at radius 3 is 2.64 bits per heavy atom. The number of hydrogen-bond donors (Lipinski definition) is 1. The van der Waals surface area contributed by atoms with E-state index in [0.29, 0.717) is 11.8 Å². The number of nitrogens with zero attached hydrogens (tertiary/aromatic N) is 7. The molecule has 1 saturated heterocycles. The molecule has 0 radical (unpaired) electrons. The van der Waals surface area contributed by atoms with E-state index in [1.165, 1.54) is 5.69 Å². The fourth-order valence-electron chi connectivity index (χ4n) is 4.69. The minimum absolute atomic E-state index is 0.641. The van der Waals surface area contributed by atoms with Crippen LogP contribution in [-0.4, -0.2) is 68.7 Å². The molecule has 5 aromatic rings. The van der Waals surface area contributed by atoms with Crippen molar-refractivity contribution in [2.75, 3.05) is 49.5 Å². The summed E-state index contributed by atoms with van der Waals surface area (Å²) in [5.41, 5.74) is 3.77. The van der Waals surface area contributed by atoms with Gasteiger partial charge in [0, 0.05) is 66.8 Å². The van der Waals surface area contributed by atoms with Gasteiger partial charge in [-0.2, -0.15) is 4.52 Å². The van der Waals surface area contributed by atoms with E-state index in [1.807, 2.05) is 59.1 Å². The smallest absolute Gasteiger partial charge is 0.226 e. The molecule has 182 valence electrons. The van der Waals surface area contributed by atoms with Gasteiger partial charge in [-0.05, 0) is 55.4 Å². The third-order valence-electron chi connectivity index (χ3n) is 6.58. The first kappa shape index (κ1) is 22.7. The van der Waals surface area contributed by atoms with Crippen molar-refractivity contribution in [3.63, 3.8) is 0 Å². The van der Waals surface area contributed by atoms with Gasteiger partial charge in [-0.25, -0.2) is 9.97 Å². The van der Waals surface area contributed by atoms with Gasteiger partial charge in [0.15, 0.2) is 11.5 Å². The van der Waals surface area contributed by atoms with Crippen LogP contribution in [0.25, 0.3) is 27.9 Å². The number of pyridine rings is 1. The number of nitrogens with one attached hydrogen (secondary N) is 1. The highest BCUT2D eigenvalue weighted by Gasteiger charge is 2.18. The summed E-state index contributed by atoms with van der Waals surface area (Å²) >= 11 is 6.17. The number of benzene rings is 2. The maximum absolute atomic E-state index is 6.17. The molecule has 8 nitrogen and oxygen atoms in total. The third kappa shape index (κ3) is 4.69. The number of piperazine rings is 1. The van der Waals surface area contributed by atoms with E-state index in [2.05, 4.69) is 26.2 Å². The predicted molar refractivity (Wildman–Crippen MR) is 145 cm³/mol. The Morgan fingerprint density at radius 1 is 0.917 bits per heavy atom. The Hall–Kier alpha value is -3.75. The molecule has 4 heterocycles. The summed E-state index contributed by atoms with van der Waals surface area (Å²) in [6.07, 6.45) is 4.54. The number of rotatable bonds is 7. The molecule has 1 N–H and O–H groups in total. The minimum atomic E-state index is 0.641. The highest BCUT2D eigenvalue weighted by Crippen LogP contribution is 2.24. The van der Waals surface area contributed by atoms with Gasteiger partial charge in [-0.1, -0.05) is 29.8 Å². The zero-order valence-corrected chi connectivity index (χ0v) is 20.6. The molecule has 1 fully saturated rings. The molecule has 9 heteroatoms. The summed E-state index contributed by atoms with van der Waals surface area (Å²) in [5, 5.41) is 10.0. The van der Waals surface area contributed by atoms with Crippen molar-refractivity contribution >= 4 is 39.8 Å². The Bertz CT molecular complexity index is 1480. The van der Waals surface area contributed by atoms with E-state index in [9.17, 15) is 0 Å². The fourth-order valence-corrected chi connectivity index (χ4v) is 4.88. The van der Waals surface area contributed by atoms with E-state index >= 15 is 0 Å². The Morgan fingerprint density at radius 2 is 1.81 bits per heavy atom. The van der Waals surface area contributed by atoms with Crippen molar-refractivity contribution in [3.8, 4) is 11.4 Å². The van der Waals surface area contributed by atoms with Crippen LogP contribution >= 0.6 is 11.6 Å². The molecule has 1 aliphatic heterocycles. The average Bonchev–Trinajstić information content (AvgIpc) is 3.38. The molecule has 6 rings (SSSR count). The van der Waals surface area contributed by atoms with Crippen molar-refractivity contribution in [2.45, 2.75) is 6.42 Å². The van der Waals surface area contributed by atoms with Crippen LogP contribution in [-0.2, 0) is 0 Å². The zero-order valence-electron chi connectivity index (χ0n) is 19.9. The molecule has 0 amide bonds. The molecular weight excluding hydrogens is 472 g/mol. The maximum Gasteiger partial charge on any atom is 0.226 e. The third-order valence-corrected chi connectivity index (χ3v) is 6.81. The second kappa shape index (κ2) is 10.1. The van der Waals surface area contributed by atoms with Crippen LogP contribution in [0.4, 0.5) is 11.6 Å². The van der Waals surface area contributed by atoms with E-state index in [-0.39, 0.29) is 0 Å². The zero-order chi connectivity index (χ0) is 24.3. The lowest BCUT2D eigenvalue weighted by Crippen LogP contribution is -2.46. The summed E-state index contributed by atoms with van der Waals surface area (Å²) in [6, 6.07) is 20.0. The molecule has 1 aliphatic rings. The van der Waals surface area contributed by atoms with Gasteiger partial charge >= 0.3 is 0 Å². The van der Waals surface area contributed by atoms with Gasteiger partial charge in [0.05, 0.1) is 5.52 Å². The van der Waals surface area contributed by atoms with Crippen molar-refractivity contribution in [1.29, 1.82) is 0 Å². The van der Waals surface area contributed by atoms with Crippen molar-refractivity contribution in [2.24, 2.45) is 0 Å². The summed E-state index contributed by atoms with van der Waals surface area (Å²) in [6.45, 7) is 5.95. The number of anilines is 2. The minimum Gasteiger partial charge on any atom is -0.369 e. The van der Waals surface area contributed by atoms with E-state index in [1.54, 1.807) is 12.4 Å². The second-order valence-electron chi connectivity index (χ2n) is 8.95. The van der Waals surface area contributed by atoms with Gasteiger partial charge in [0.1, 0.15) is 0 Å². The van der Waals surface area contributed by atoms with Crippen LogP contribution in [0, 0.1) is 0 Å². The summed E-state index contributed by atoms with van der Waals surface area (Å²) in [5.74, 6) is 1.35. The molecule has 0 spiro atoms. The molecule has 0 unspecified atom stereocenters. The van der Waals surface area contributed by atoms with Gasteiger partial charge in [0.2, 0.25) is 5.95 Å². The fraction of sp³-hybridized carbons (Fsp3) is 0.259. The van der Waals surface area contributed by atoms with Crippen molar-refractivity contribution in [1.82, 2.24) is 29.5 Å². The number of aromatic nitrogens is 5. The number of fused-ring (bicyclic) bond motifs is 3. The average molecular weight is 499 g/mol. The summed E-state index contributed by atoms with van der Waals surface area (Å²) < 4.78 is 1.81. The van der Waals surface area contributed by atoms with Crippen LogP contribution < -0.4 is 10.2 Å². The number of halogens is 1. The first-order valence-electron chi connectivity index (χ1n) is 12.3. The van der Waals surface area contributed by atoms with Gasteiger partial charge in [0.25, 0.3) is 0 Å². The Balaban J connectivity index is 1.11. The van der Waals surface area contributed by atoms with Gasteiger partial charge in [-0.15, -0.1) is 5.10 Å². The monoisotopic (exact) mass is 498 g/mol. The normalized spacial score (nSPS) is 14.5. The highest BCUT2D eigenvalue weighted by atomic mass is 35.5. The van der Waals surface area contributed by atoms with Crippen LogP contribution in [0.3, 0.4) is 0 Å². The first-order valence-corrected chi connectivity index (χ1v) is 12.6. The SMILES string of the molecule is Clc1cccc(N2CCN(CCCNc3nc4ccccc4c4nc(-c5cccnc5)nn34)CC2)c1. The van der Waals surface area contributed by atoms with Gasteiger partial charge in [-0.3, -0.25) is 9.88 Å². The maximum atomic E-state index is 6.17. The lowest BCUT2D eigenvalue weighted by atomic mass is 10.2. The number of hydrogen-bond acceptors (Lipinski definition) is 7. The molecule has 0 bridgehead atoms. The Kier molecular flexibility index (Phi) is 6.36. The topological polar surface area (TPSA) is 74.5 Å². The van der Waals surface area contributed by atoms with Crippen molar-refractivity contribution < 1.29 is 0 Å². The van der Waals surface area contributed by atoms with Crippen molar-refractivity contribution in [3.05, 3.63) is 78.1 Å². The molecule has 36 heavy (non-hydrogen) atoms. The molecule has 3 aromatic heterocycles. The second-order valence-corrected chi connectivity index (χ2v) is 9.39. The largest absolute Gasteiger partial charge is 0.369 e. The first-order chi connectivity index (χ1) is 17.7. The van der Waals surface area contributed by atoms with Crippen LogP contribution in [0.5, 0.6) is 0 Å². The van der Waals surface area contributed by atoms with Crippen LogP contribution in [0.2, 0.25) is 5.02 Å². The van der Waals surface area contributed by atoms with E-state index in [4.69, 9.17) is 26.7 Å². The highest BCUT2D eigenvalue weighted by molar-refractivity contribution is 6.30. The standard InChI is InChI=1S/C27H27ClN8/c28-21-7-3-8-22(18-21)35-16-14-34(15-17-35)13-5-12-30-27-31-24-10-2-1-9-23(24)26-32-25(33-36(26)27)20-6-4-11-29-19-20/h1-4,6-11,18-19H,5,12-17H2,(H,30,31). The molecule has 0 aliphatic carbocycles. The van der Waals surface area contributed by atoms with Crippen LogP contribution in [0.15, 0.2) is 73.1 Å². The predicted octanol–water partition coefficient (Wildman–Crippen LogP) is 4.62. The summed E-state index contributed by atoms with van der Waals surface area (Å²) in [7, 11) is 0. The van der Waals surface area contributed by atoms with Gasteiger partial charge < -0.3 is 10.2 Å². The van der Waals surface area contributed by atoms with E-state index < -0.39 is 0 Å². The molecular formula is C27H27ClN8. The molecule has 0 atom stereocenters. The lowest BCUT2D eigenvalue weighted by molar-refractivity contribution is 0.257. The Labute approximate surface area is 214 Å². The van der Waals surface area contributed by atoms with Crippen LogP contribution in [0.1, 0.15) is 6.42 Å². The number of para-hydroxylation sites is 1. The quantitative estimate of drug-likeness (QED) is 0.328. The molecule has 2 aromatic carbocycles.